The number of amides is 2. The maximum atomic E-state index is 12.1. The molecule has 22 heavy (non-hydrogen) atoms. The standard InChI is InChI=1S/C15H15ClN2O3S/c1-10-3-6-13(9-11(10)2)17-15(19)18-22(20,21)14-7-4-12(16)5-8-14/h3-9H,1-2H3,(H2,17,18,19). The maximum absolute atomic E-state index is 12.1. The zero-order chi connectivity index (χ0) is 16.3. The number of carbonyl (C=O) groups is 1. The molecule has 0 aliphatic rings. The lowest BCUT2D eigenvalue weighted by atomic mass is 10.1. The van der Waals surface area contributed by atoms with E-state index >= 15 is 0 Å². The van der Waals surface area contributed by atoms with E-state index in [9.17, 15) is 13.2 Å². The summed E-state index contributed by atoms with van der Waals surface area (Å²) >= 11 is 5.71. The SMILES string of the molecule is Cc1ccc(NC(=O)NS(=O)(=O)c2ccc(Cl)cc2)cc1C. The molecule has 0 fully saturated rings. The predicted molar refractivity (Wildman–Crippen MR) is 86.7 cm³/mol. The van der Waals surface area contributed by atoms with Gasteiger partial charge in [0.2, 0.25) is 0 Å². The molecule has 2 N–H and O–H groups in total. The summed E-state index contributed by atoms with van der Waals surface area (Å²) in [5.74, 6) is 0. The first-order chi connectivity index (χ1) is 10.3. The van der Waals surface area contributed by atoms with Gasteiger partial charge in [-0.2, -0.15) is 0 Å². The average molecular weight is 339 g/mol. The van der Waals surface area contributed by atoms with Crippen LogP contribution in [0.3, 0.4) is 0 Å². The van der Waals surface area contributed by atoms with Crippen molar-refractivity contribution in [3.63, 3.8) is 0 Å². The van der Waals surface area contributed by atoms with Crippen LogP contribution in [0.5, 0.6) is 0 Å². The van der Waals surface area contributed by atoms with Gasteiger partial charge in [-0.05, 0) is 61.4 Å². The number of halogens is 1. The third-order valence-electron chi connectivity index (χ3n) is 3.12. The molecule has 0 saturated carbocycles. The van der Waals surface area contributed by atoms with E-state index in [2.05, 4.69) is 5.32 Å². The third kappa shape index (κ3) is 3.99. The van der Waals surface area contributed by atoms with Gasteiger partial charge in [0.15, 0.2) is 0 Å². The highest BCUT2D eigenvalue weighted by molar-refractivity contribution is 7.90. The molecule has 0 saturated heterocycles. The van der Waals surface area contributed by atoms with Gasteiger partial charge in [0.1, 0.15) is 0 Å². The molecule has 2 aromatic rings. The van der Waals surface area contributed by atoms with Gasteiger partial charge in [-0.25, -0.2) is 17.9 Å². The van der Waals surface area contributed by atoms with Crippen molar-refractivity contribution in [2.45, 2.75) is 18.7 Å². The molecule has 0 aromatic heterocycles. The highest BCUT2D eigenvalue weighted by Crippen LogP contribution is 2.16. The lowest BCUT2D eigenvalue weighted by Crippen LogP contribution is -2.34. The van der Waals surface area contributed by atoms with Crippen LogP contribution >= 0.6 is 11.6 Å². The molecule has 0 heterocycles. The molecule has 0 atom stereocenters. The summed E-state index contributed by atoms with van der Waals surface area (Å²) in [5.41, 5.74) is 2.60. The Balaban J connectivity index is 2.10. The largest absolute Gasteiger partial charge is 0.333 e. The molecule has 0 radical (unpaired) electrons. The second-order valence-electron chi connectivity index (χ2n) is 4.81. The number of urea groups is 1. The number of benzene rings is 2. The van der Waals surface area contributed by atoms with Crippen molar-refractivity contribution in [2.24, 2.45) is 0 Å². The summed E-state index contributed by atoms with van der Waals surface area (Å²) in [4.78, 5) is 11.8. The minimum absolute atomic E-state index is 0.0351. The second-order valence-corrected chi connectivity index (χ2v) is 6.93. The van der Waals surface area contributed by atoms with Gasteiger partial charge < -0.3 is 5.32 Å². The Morgan fingerprint density at radius 3 is 2.23 bits per heavy atom. The Hall–Kier alpha value is -2.05. The zero-order valence-electron chi connectivity index (χ0n) is 12.1. The Morgan fingerprint density at radius 2 is 1.64 bits per heavy atom. The van der Waals surface area contributed by atoms with Gasteiger partial charge in [-0.1, -0.05) is 17.7 Å². The fourth-order valence-corrected chi connectivity index (χ4v) is 2.80. The van der Waals surface area contributed by atoms with Crippen LogP contribution in [0.15, 0.2) is 47.4 Å². The van der Waals surface area contributed by atoms with E-state index in [0.717, 1.165) is 11.1 Å². The number of nitrogens with one attached hydrogen (secondary N) is 2. The zero-order valence-corrected chi connectivity index (χ0v) is 13.6. The molecule has 7 heteroatoms. The topological polar surface area (TPSA) is 75.3 Å². The molecule has 2 amide bonds. The molecule has 0 unspecified atom stereocenters. The Bertz CT molecular complexity index is 802. The van der Waals surface area contributed by atoms with Crippen LogP contribution < -0.4 is 10.0 Å². The van der Waals surface area contributed by atoms with Crippen molar-refractivity contribution in [3.05, 3.63) is 58.6 Å². The molecule has 5 nitrogen and oxygen atoms in total. The normalized spacial score (nSPS) is 11.0. The minimum Gasteiger partial charge on any atom is -0.307 e. The number of rotatable bonds is 3. The fraction of sp³-hybridized carbons (Fsp3) is 0.133. The van der Waals surface area contributed by atoms with Gasteiger partial charge in [-0.15, -0.1) is 0 Å². The summed E-state index contributed by atoms with van der Waals surface area (Å²) in [6.45, 7) is 3.85. The van der Waals surface area contributed by atoms with Crippen LogP contribution in [0.1, 0.15) is 11.1 Å². The lowest BCUT2D eigenvalue weighted by molar-refractivity contribution is 0.256. The predicted octanol–water partition coefficient (Wildman–Crippen LogP) is 3.47. The van der Waals surface area contributed by atoms with E-state index in [4.69, 9.17) is 11.6 Å². The van der Waals surface area contributed by atoms with Crippen molar-refractivity contribution in [1.29, 1.82) is 0 Å². The molecular weight excluding hydrogens is 324 g/mol. The number of aryl methyl sites for hydroxylation is 2. The first-order valence-electron chi connectivity index (χ1n) is 6.44. The van der Waals surface area contributed by atoms with Gasteiger partial charge in [0.05, 0.1) is 4.90 Å². The van der Waals surface area contributed by atoms with Crippen LogP contribution in [0.2, 0.25) is 5.02 Å². The highest BCUT2D eigenvalue weighted by atomic mass is 35.5. The molecule has 0 aliphatic carbocycles. The Kier molecular flexibility index (Phi) is 4.73. The Morgan fingerprint density at radius 1 is 1.00 bits per heavy atom. The van der Waals surface area contributed by atoms with Crippen LogP contribution in [0, 0.1) is 13.8 Å². The Labute approximate surface area is 134 Å². The van der Waals surface area contributed by atoms with E-state index < -0.39 is 16.1 Å². The molecule has 2 rings (SSSR count). The van der Waals surface area contributed by atoms with Crippen molar-refractivity contribution in [3.8, 4) is 0 Å². The molecule has 0 spiro atoms. The van der Waals surface area contributed by atoms with Crippen molar-refractivity contribution < 1.29 is 13.2 Å². The van der Waals surface area contributed by atoms with Crippen LogP contribution in [0.4, 0.5) is 10.5 Å². The number of hydrogen-bond acceptors (Lipinski definition) is 3. The first-order valence-corrected chi connectivity index (χ1v) is 8.31. The average Bonchev–Trinajstić information content (AvgIpc) is 2.42. The third-order valence-corrected chi connectivity index (χ3v) is 4.71. The smallest absolute Gasteiger partial charge is 0.307 e. The van der Waals surface area contributed by atoms with Crippen molar-refractivity contribution in [2.75, 3.05) is 5.32 Å². The minimum atomic E-state index is -3.94. The van der Waals surface area contributed by atoms with E-state index in [1.165, 1.54) is 24.3 Å². The van der Waals surface area contributed by atoms with E-state index in [-0.39, 0.29) is 4.90 Å². The van der Waals surface area contributed by atoms with Gasteiger partial charge in [0.25, 0.3) is 10.0 Å². The monoisotopic (exact) mass is 338 g/mol. The quantitative estimate of drug-likeness (QED) is 0.899. The molecule has 0 aliphatic heterocycles. The van der Waals surface area contributed by atoms with Gasteiger partial charge in [-0.3, -0.25) is 0 Å². The lowest BCUT2D eigenvalue weighted by Gasteiger charge is -2.10. The molecule has 0 bridgehead atoms. The van der Waals surface area contributed by atoms with E-state index in [1.807, 2.05) is 24.6 Å². The van der Waals surface area contributed by atoms with Crippen molar-refractivity contribution in [1.82, 2.24) is 4.72 Å². The van der Waals surface area contributed by atoms with Crippen LogP contribution in [-0.4, -0.2) is 14.4 Å². The molecule has 116 valence electrons. The number of carbonyl (C=O) groups excluding carboxylic acids is 1. The highest BCUT2D eigenvalue weighted by Gasteiger charge is 2.17. The summed E-state index contributed by atoms with van der Waals surface area (Å²) in [7, 11) is -3.94. The summed E-state index contributed by atoms with van der Waals surface area (Å²) in [6, 6.07) is 10.0. The number of sulfonamides is 1. The molecular formula is C15H15ClN2O3S. The second kappa shape index (κ2) is 6.37. The first kappa shape index (κ1) is 16.3. The number of anilines is 1. The van der Waals surface area contributed by atoms with Crippen molar-refractivity contribution >= 4 is 33.3 Å². The van der Waals surface area contributed by atoms with E-state index in [1.54, 1.807) is 12.1 Å². The molecule has 2 aromatic carbocycles. The van der Waals surface area contributed by atoms with Crippen LogP contribution in [-0.2, 0) is 10.0 Å². The van der Waals surface area contributed by atoms with Gasteiger partial charge in [0, 0.05) is 10.7 Å². The number of hydrogen-bond donors (Lipinski definition) is 2. The van der Waals surface area contributed by atoms with E-state index in [0.29, 0.717) is 10.7 Å². The van der Waals surface area contributed by atoms with Gasteiger partial charge >= 0.3 is 6.03 Å². The van der Waals surface area contributed by atoms with Crippen LogP contribution in [0.25, 0.3) is 0 Å². The summed E-state index contributed by atoms with van der Waals surface area (Å²) in [5, 5.41) is 2.91. The fourth-order valence-electron chi connectivity index (χ4n) is 1.77. The summed E-state index contributed by atoms with van der Waals surface area (Å²) in [6.07, 6.45) is 0. The summed E-state index contributed by atoms with van der Waals surface area (Å²) < 4.78 is 26.1. The maximum Gasteiger partial charge on any atom is 0.333 e.